The Morgan fingerprint density at radius 1 is 1.44 bits per heavy atom. The van der Waals surface area contributed by atoms with Crippen LogP contribution >= 0.6 is 22.9 Å². The first-order valence-corrected chi connectivity index (χ1v) is 9.23. The van der Waals surface area contributed by atoms with Crippen LogP contribution in [0.15, 0.2) is 45.8 Å². The molecule has 2 aliphatic rings. The van der Waals surface area contributed by atoms with Gasteiger partial charge in [-0.1, -0.05) is 11.6 Å². The van der Waals surface area contributed by atoms with Gasteiger partial charge in [-0.3, -0.25) is 9.59 Å². The van der Waals surface area contributed by atoms with Crippen LogP contribution < -0.4 is 0 Å². The fourth-order valence-corrected chi connectivity index (χ4v) is 4.59. The summed E-state index contributed by atoms with van der Waals surface area (Å²) >= 11 is 7.14. The lowest BCUT2D eigenvalue weighted by Gasteiger charge is -2.29. The number of thiophene rings is 1. The van der Waals surface area contributed by atoms with Crippen LogP contribution in [0, 0.1) is 0 Å². The Morgan fingerprint density at radius 3 is 2.70 bits per heavy atom. The molecule has 1 aliphatic heterocycles. The zero-order valence-corrected chi connectivity index (χ0v) is 16.0. The van der Waals surface area contributed by atoms with Crippen molar-refractivity contribution in [2.45, 2.75) is 32.2 Å². The zero-order valence-electron chi connectivity index (χ0n) is 14.5. The van der Waals surface area contributed by atoms with E-state index in [1.807, 2.05) is 0 Å². The Kier molecular flexibility index (Phi) is 5.39. The molecular weight excluding hydrogens is 400 g/mol. The van der Waals surface area contributed by atoms with Crippen molar-refractivity contribution < 1.29 is 28.2 Å². The number of carboxylic acids is 1. The number of amides is 1. The topological polar surface area (TPSA) is 66.8 Å². The summed E-state index contributed by atoms with van der Waals surface area (Å²) in [7, 11) is 1.46. The number of methoxy groups -OCH3 is 1. The van der Waals surface area contributed by atoms with E-state index in [9.17, 15) is 23.5 Å². The molecule has 0 aromatic carbocycles. The molecule has 1 amide bonds. The maximum absolute atomic E-state index is 13.0. The Balaban J connectivity index is 2.05. The minimum absolute atomic E-state index is 0.165. The van der Waals surface area contributed by atoms with Gasteiger partial charge in [0.1, 0.15) is 5.76 Å². The van der Waals surface area contributed by atoms with Crippen LogP contribution in [0.2, 0.25) is 0 Å². The molecule has 1 N–H and O–H groups in total. The molecule has 1 aromatic rings. The molecule has 1 aliphatic carbocycles. The number of hydrogen-bond donors (Lipinski definition) is 1. The van der Waals surface area contributed by atoms with Gasteiger partial charge in [0, 0.05) is 11.3 Å². The molecular formula is C18H16ClF2NO4S. The Labute approximate surface area is 163 Å². The standard InChI is InChI=1S/C18H16ClF2NO4S/c1-8-9(7-14(23)24)15-10(3-4-11(26-2)16(15)19)22(8)18(25)13-6-5-12(27-13)17(20)21/h4-6,10,17H,3,7H2,1-2H3,(H,23,24). The molecule has 5 nitrogen and oxygen atoms in total. The first-order valence-electron chi connectivity index (χ1n) is 8.03. The minimum atomic E-state index is -2.65. The summed E-state index contributed by atoms with van der Waals surface area (Å²) in [6.07, 6.45) is -0.844. The molecule has 0 saturated heterocycles. The fourth-order valence-electron chi connectivity index (χ4n) is 3.39. The van der Waals surface area contributed by atoms with Gasteiger partial charge in [-0.2, -0.15) is 0 Å². The number of nitrogens with zero attached hydrogens (tertiary/aromatic N) is 1. The minimum Gasteiger partial charge on any atom is -0.496 e. The highest BCUT2D eigenvalue weighted by atomic mass is 35.5. The second-order valence-corrected chi connectivity index (χ2v) is 7.56. The third-order valence-corrected chi connectivity index (χ3v) is 6.04. The second-order valence-electron chi connectivity index (χ2n) is 6.06. The van der Waals surface area contributed by atoms with Gasteiger partial charge in [0.05, 0.1) is 34.4 Å². The molecule has 2 heterocycles. The maximum atomic E-state index is 13.0. The first kappa shape index (κ1) is 19.6. The normalized spacial score (nSPS) is 19.6. The monoisotopic (exact) mass is 415 g/mol. The van der Waals surface area contributed by atoms with Crippen molar-refractivity contribution in [3.05, 3.63) is 55.6 Å². The highest BCUT2D eigenvalue weighted by molar-refractivity contribution is 7.14. The number of allylic oxidation sites excluding steroid dienone is 2. The molecule has 0 spiro atoms. The van der Waals surface area contributed by atoms with E-state index in [-0.39, 0.29) is 21.2 Å². The summed E-state index contributed by atoms with van der Waals surface area (Å²) < 4.78 is 31.0. The Bertz CT molecular complexity index is 903. The summed E-state index contributed by atoms with van der Waals surface area (Å²) in [5.41, 5.74) is 1.44. The van der Waals surface area contributed by atoms with Gasteiger partial charge in [-0.25, -0.2) is 8.78 Å². The van der Waals surface area contributed by atoms with Gasteiger partial charge < -0.3 is 14.7 Å². The maximum Gasteiger partial charge on any atom is 0.307 e. The van der Waals surface area contributed by atoms with Crippen LogP contribution in [0.3, 0.4) is 0 Å². The largest absolute Gasteiger partial charge is 0.496 e. The van der Waals surface area contributed by atoms with E-state index in [0.717, 1.165) is 11.3 Å². The van der Waals surface area contributed by atoms with E-state index in [4.69, 9.17) is 16.3 Å². The Hall–Kier alpha value is -2.19. The van der Waals surface area contributed by atoms with Gasteiger partial charge >= 0.3 is 5.97 Å². The highest BCUT2D eigenvalue weighted by Gasteiger charge is 2.42. The molecule has 1 aromatic heterocycles. The number of aliphatic carboxylic acids is 1. The van der Waals surface area contributed by atoms with Crippen LogP contribution in [-0.4, -0.2) is 35.0 Å². The van der Waals surface area contributed by atoms with Crippen molar-refractivity contribution in [2.75, 3.05) is 7.11 Å². The predicted octanol–water partition coefficient (Wildman–Crippen LogP) is 4.69. The lowest BCUT2D eigenvalue weighted by molar-refractivity contribution is -0.136. The van der Waals surface area contributed by atoms with Crippen LogP contribution in [0.4, 0.5) is 8.78 Å². The number of alkyl halides is 2. The molecule has 1 unspecified atom stereocenters. The fraction of sp³-hybridized carbons (Fsp3) is 0.333. The van der Waals surface area contributed by atoms with Gasteiger partial charge in [0.15, 0.2) is 0 Å². The van der Waals surface area contributed by atoms with Gasteiger partial charge in [0.2, 0.25) is 0 Å². The first-order chi connectivity index (χ1) is 12.8. The van der Waals surface area contributed by atoms with Crippen LogP contribution in [0.1, 0.15) is 40.7 Å². The number of hydrogen-bond acceptors (Lipinski definition) is 4. The Morgan fingerprint density at radius 2 is 2.15 bits per heavy atom. The summed E-state index contributed by atoms with van der Waals surface area (Å²) in [6, 6.07) is 2.10. The van der Waals surface area contributed by atoms with Crippen LogP contribution in [0.25, 0.3) is 0 Å². The van der Waals surface area contributed by atoms with E-state index >= 15 is 0 Å². The molecule has 0 bridgehead atoms. The number of carbonyl (C=O) groups is 2. The van der Waals surface area contributed by atoms with Gasteiger partial charge in [0.25, 0.3) is 12.3 Å². The summed E-state index contributed by atoms with van der Waals surface area (Å²) in [5.74, 6) is -1.09. The number of carbonyl (C=O) groups excluding carboxylic acids is 1. The average Bonchev–Trinajstić information content (AvgIpc) is 3.19. The average molecular weight is 416 g/mol. The number of halogens is 3. The third-order valence-electron chi connectivity index (χ3n) is 4.57. The van der Waals surface area contributed by atoms with Crippen molar-refractivity contribution >= 4 is 34.8 Å². The van der Waals surface area contributed by atoms with E-state index < -0.39 is 24.3 Å². The highest BCUT2D eigenvalue weighted by Crippen LogP contribution is 2.45. The predicted molar refractivity (Wildman–Crippen MR) is 96.8 cm³/mol. The number of carboxylic acid groups (broad SMARTS) is 1. The smallest absolute Gasteiger partial charge is 0.307 e. The summed E-state index contributed by atoms with van der Waals surface area (Å²) in [5, 5.41) is 9.53. The number of ether oxygens (including phenoxy) is 1. The zero-order chi connectivity index (χ0) is 19.9. The lowest BCUT2D eigenvalue weighted by Crippen LogP contribution is -2.36. The van der Waals surface area contributed by atoms with Crippen molar-refractivity contribution in [2.24, 2.45) is 0 Å². The molecule has 27 heavy (non-hydrogen) atoms. The van der Waals surface area contributed by atoms with E-state index in [1.54, 1.807) is 13.0 Å². The number of rotatable bonds is 5. The van der Waals surface area contributed by atoms with E-state index in [0.29, 0.717) is 29.0 Å². The summed E-state index contributed by atoms with van der Waals surface area (Å²) in [4.78, 5) is 25.8. The van der Waals surface area contributed by atoms with Gasteiger partial charge in [-0.15, -0.1) is 11.3 Å². The summed E-state index contributed by atoms with van der Waals surface area (Å²) in [6.45, 7) is 1.64. The quantitative estimate of drug-likeness (QED) is 0.757. The lowest BCUT2D eigenvalue weighted by atomic mass is 9.92. The van der Waals surface area contributed by atoms with E-state index in [2.05, 4.69) is 0 Å². The molecule has 0 saturated carbocycles. The molecule has 1 atom stereocenters. The molecule has 3 rings (SSSR count). The van der Waals surface area contributed by atoms with Gasteiger partial charge in [-0.05, 0) is 37.1 Å². The second kappa shape index (κ2) is 7.44. The van der Waals surface area contributed by atoms with Crippen LogP contribution in [0.5, 0.6) is 0 Å². The number of fused-ring (bicyclic) bond motifs is 1. The molecule has 9 heteroatoms. The third kappa shape index (κ3) is 3.39. The molecule has 144 valence electrons. The van der Waals surface area contributed by atoms with Crippen molar-refractivity contribution in [1.29, 1.82) is 0 Å². The van der Waals surface area contributed by atoms with Crippen molar-refractivity contribution in [1.82, 2.24) is 4.90 Å². The molecule has 0 fully saturated rings. The van der Waals surface area contributed by atoms with E-state index in [1.165, 1.54) is 24.1 Å². The van der Waals surface area contributed by atoms with Crippen molar-refractivity contribution in [3.8, 4) is 0 Å². The SMILES string of the molecule is COC1=CCC2C(=C1Cl)C(CC(=O)O)=C(C)N2C(=O)c1ccc(C(F)F)s1. The van der Waals surface area contributed by atoms with Crippen molar-refractivity contribution in [3.63, 3.8) is 0 Å². The molecule has 0 radical (unpaired) electrons. The van der Waals surface area contributed by atoms with Crippen LogP contribution in [-0.2, 0) is 9.53 Å².